The quantitative estimate of drug-likeness (QED) is 0.646. The molecule has 0 aromatic rings. The lowest BCUT2D eigenvalue weighted by molar-refractivity contribution is -0.140. The molecule has 1 amide bonds. The molecule has 0 saturated carbocycles. The molecule has 0 N–H and O–H groups in total. The molecule has 2 saturated heterocycles. The van der Waals surface area contributed by atoms with Gasteiger partial charge in [0.1, 0.15) is 6.10 Å². The highest BCUT2D eigenvalue weighted by atomic mass is 16.5. The first-order chi connectivity index (χ1) is 6.81. The average Bonchev–Trinajstić information content (AvgIpc) is 2.88. The minimum atomic E-state index is -0.175. The average molecular weight is 199 g/mol. The lowest BCUT2D eigenvalue weighted by atomic mass is 10.2. The van der Waals surface area contributed by atoms with Crippen LogP contribution in [0, 0.1) is 0 Å². The lowest BCUT2D eigenvalue weighted by Gasteiger charge is -2.19. The molecule has 2 atom stereocenters. The molecular formula is C10H17NO3. The lowest BCUT2D eigenvalue weighted by Crippen LogP contribution is -2.37. The van der Waals surface area contributed by atoms with E-state index in [-0.39, 0.29) is 18.1 Å². The standard InChI is InChI=1S/C10H17NO3/c1-13-8-4-5-11(7-8)10(12)9-3-2-6-14-9/h8-9H,2-7H2,1H3. The Balaban J connectivity index is 1.86. The van der Waals surface area contributed by atoms with E-state index in [1.54, 1.807) is 7.11 Å². The molecule has 14 heavy (non-hydrogen) atoms. The first kappa shape index (κ1) is 9.93. The maximum absolute atomic E-state index is 11.9. The summed E-state index contributed by atoms with van der Waals surface area (Å²) in [6.45, 7) is 2.28. The van der Waals surface area contributed by atoms with Gasteiger partial charge in [0, 0.05) is 26.8 Å². The Morgan fingerprint density at radius 3 is 2.93 bits per heavy atom. The minimum Gasteiger partial charge on any atom is -0.380 e. The third kappa shape index (κ3) is 1.91. The van der Waals surface area contributed by atoms with Crippen molar-refractivity contribution in [2.45, 2.75) is 31.5 Å². The summed E-state index contributed by atoms with van der Waals surface area (Å²) in [6, 6.07) is 0. The topological polar surface area (TPSA) is 38.8 Å². The Hall–Kier alpha value is -0.610. The summed E-state index contributed by atoms with van der Waals surface area (Å²) < 4.78 is 10.6. The van der Waals surface area contributed by atoms with Crippen LogP contribution >= 0.6 is 0 Å². The van der Waals surface area contributed by atoms with Crippen molar-refractivity contribution in [3.8, 4) is 0 Å². The molecule has 2 aliphatic heterocycles. The number of ether oxygens (including phenoxy) is 2. The zero-order chi connectivity index (χ0) is 9.97. The molecule has 2 heterocycles. The second-order valence-electron chi connectivity index (χ2n) is 3.93. The van der Waals surface area contributed by atoms with Gasteiger partial charge in [-0.25, -0.2) is 0 Å². The van der Waals surface area contributed by atoms with E-state index in [0.717, 1.165) is 39.0 Å². The highest BCUT2D eigenvalue weighted by Crippen LogP contribution is 2.19. The van der Waals surface area contributed by atoms with Gasteiger partial charge < -0.3 is 14.4 Å². The van der Waals surface area contributed by atoms with Crippen molar-refractivity contribution in [1.82, 2.24) is 4.90 Å². The maximum Gasteiger partial charge on any atom is 0.251 e. The second kappa shape index (κ2) is 4.28. The van der Waals surface area contributed by atoms with Crippen molar-refractivity contribution in [2.75, 3.05) is 26.8 Å². The van der Waals surface area contributed by atoms with Crippen LogP contribution in [0.3, 0.4) is 0 Å². The molecule has 2 unspecified atom stereocenters. The first-order valence-corrected chi connectivity index (χ1v) is 5.24. The maximum atomic E-state index is 11.9. The molecule has 0 bridgehead atoms. The predicted octanol–water partition coefficient (Wildman–Crippen LogP) is 0.413. The van der Waals surface area contributed by atoms with Crippen LogP contribution < -0.4 is 0 Å². The molecule has 0 aromatic carbocycles. The largest absolute Gasteiger partial charge is 0.380 e. The number of hydrogen-bond donors (Lipinski definition) is 0. The monoisotopic (exact) mass is 199 g/mol. The van der Waals surface area contributed by atoms with E-state index in [9.17, 15) is 4.79 Å². The number of likely N-dealkylation sites (tertiary alicyclic amines) is 1. The van der Waals surface area contributed by atoms with Gasteiger partial charge in [0.25, 0.3) is 5.91 Å². The van der Waals surface area contributed by atoms with Crippen LogP contribution in [-0.4, -0.2) is 49.8 Å². The molecule has 4 nitrogen and oxygen atoms in total. The summed E-state index contributed by atoms with van der Waals surface area (Å²) in [6.07, 6.45) is 2.89. The Kier molecular flexibility index (Phi) is 3.03. The normalized spacial score (nSPS) is 32.5. The van der Waals surface area contributed by atoms with Gasteiger partial charge in [0.2, 0.25) is 0 Å². The van der Waals surface area contributed by atoms with Crippen molar-refractivity contribution in [3.63, 3.8) is 0 Å². The Labute approximate surface area is 84.2 Å². The number of nitrogens with zero attached hydrogens (tertiary/aromatic N) is 1. The fourth-order valence-electron chi connectivity index (χ4n) is 2.10. The van der Waals surface area contributed by atoms with Crippen molar-refractivity contribution in [1.29, 1.82) is 0 Å². The smallest absolute Gasteiger partial charge is 0.251 e. The van der Waals surface area contributed by atoms with Crippen LogP contribution in [0.15, 0.2) is 0 Å². The molecular weight excluding hydrogens is 182 g/mol. The highest BCUT2D eigenvalue weighted by Gasteiger charge is 2.32. The van der Waals surface area contributed by atoms with Gasteiger partial charge in [-0.2, -0.15) is 0 Å². The van der Waals surface area contributed by atoms with Crippen LogP contribution in [0.5, 0.6) is 0 Å². The van der Waals surface area contributed by atoms with Gasteiger partial charge in [0.05, 0.1) is 6.10 Å². The van der Waals surface area contributed by atoms with Crippen molar-refractivity contribution in [2.24, 2.45) is 0 Å². The van der Waals surface area contributed by atoms with Crippen molar-refractivity contribution >= 4 is 5.91 Å². The fourth-order valence-corrected chi connectivity index (χ4v) is 2.10. The summed E-state index contributed by atoms with van der Waals surface area (Å²) in [7, 11) is 1.70. The number of rotatable bonds is 2. The number of hydrogen-bond acceptors (Lipinski definition) is 3. The van der Waals surface area contributed by atoms with Crippen LogP contribution in [0.4, 0.5) is 0 Å². The third-order valence-electron chi connectivity index (χ3n) is 3.00. The number of carbonyl (C=O) groups excluding carboxylic acids is 1. The first-order valence-electron chi connectivity index (χ1n) is 5.24. The van der Waals surface area contributed by atoms with Crippen LogP contribution in [0.1, 0.15) is 19.3 Å². The molecule has 0 radical (unpaired) electrons. The molecule has 0 spiro atoms. The van der Waals surface area contributed by atoms with Crippen LogP contribution in [0.2, 0.25) is 0 Å². The predicted molar refractivity (Wildman–Crippen MR) is 51.0 cm³/mol. The summed E-state index contributed by atoms with van der Waals surface area (Å²) in [5.41, 5.74) is 0. The van der Waals surface area contributed by atoms with Gasteiger partial charge in [-0.1, -0.05) is 0 Å². The van der Waals surface area contributed by atoms with E-state index in [0.29, 0.717) is 0 Å². The molecule has 0 aliphatic carbocycles. The highest BCUT2D eigenvalue weighted by molar-refractivity contribution is 5.81. The molecule has 2 rings (SSSR count). The number of amides is 1. The van der Waals surface area contributed by atoms with Gasteiger partial charge >= 0.3 is 0 Å². The molecule has 0 aromatic heterocycles. The zero-order valence-corrected chi connectivity index (χ0v) is 8.57. The van der Waals surface area contributed by atoms with E-state index in [1.807, 2.05) is 4.90 Å². The number of carbonyl (C=O) groups is 1. The summed E-state index contributed by atoms with van der Waals surface area (Å²) >= 11 is 0. The second-order valence-corrected chi connectivity index (χ2v) is 3.93. The molecule has 4 heteroatoms. The fraction of sp³-hybridized carbons (Fsp3) is 0.900. The molecule has 80 valence electrons. The van der Waals surface area contributed by atoms with Crippen LogP contribution in [0.25, 0.3) is 0 Å². The van der Waals surface area contributed by atoms with E-state index in [4.69, 9.17) is 9.47 Å². The van der Waals surface area contributed by atoms with Gasteiger partial charge in [-0.05, 0) is 19.3 Å². The Bertz CT molecular complexity index is 213. The van der Waals surface area contributed by atoms with E-state index in [1.165, 1.54) is 0 Å². The zero-order valence-electron chi connectivity index (χ0n) is 8.57. The third-order valence-corrected chi connectivity index (χ3v) is 3.00. The number of methoxy groups -OCH3 is 1. The SMILES string of the molecule is COC1CCN(C(=O)C2CCCO2)C1. The summed E-state index contributed by atoms with van der Waals surface area (Å²) in [5.74, 6) is 0.155. The minimum absolute atomic E-state index is 0.155. The van der Waals surface area contributed by atoms with E-state index >= 15 is 0 Å². The molecule has 2 fully saturated rings. The molecule has 2 aliphatic rings. The summed E-state index contributed by atoms with van der Waals surface area (Å²) in [4.78, 5) is 13.7. The van der Waals surface area contributed by atoms with Crippen molar-refractivity contribution < 1.29 is 14.3 Å². The van der Waals surface area contributed by atoms with Crippen molar-refractivity contribution in [3.05, 3.63) is 0 Å². The van der Waals surface area contributed by atoms with Crippen LogP contribution in [-0.2, 0) is 14.3 Å². The Morgan fingerprint density at radius 1 is 1.50 bits per heavy atom. The Morgan fingerprint density at radius 2 is 2.36 bits per heavy atom. The van der Waals surface area contributed by atoms with Gasteiger partial charge in [-0.3, -0.25) is 4.79 Å². The summed E-state index contributed by atoms with van der Waals surface area (Å²) in [5, 5.41) is 0. The van der Waals surface area contributed by atoms with E-state index in [2.05, 4.69) is 0 Å². The van der Waals surface area contributed by atoms with E-state index < -0.39 is 0 Å². The van der Waals surface area contributed by atoms with Gasteiger partial charge in [0.15, 0.2) is 0 Å². The van der Waals surface area contributed by atoms with Gasteiger partial charge in [-0.15, -0.1) is 0 Å².